The largest absolute Gasteiger partial charge is 0.376 e. The molecule has 1 heterocycles. The first-order chi connectivity index (χ1) is 8.08. The molecule has 0 aliphatic heterocycles. The summed E-state index contributed by atoms with van der Waals surface area (Å²) in [6.45, 7) is 0.439. The first-order valence-corrected chi connectivity index (χ1v) is 5.67. The van der Waals surface area contributed by atoms with Crippen LogP contribution < -0.4 is 5.32 Å². The summed E-state index contributed by atoms with van der Waals surface area (Å²) in [7, 11) is 1.86. The number of halogens is 3. The molecule has 1 N–H and O–H groups in total. The monoisotopic (exact) mass is 273 g/mol. The molecule has 0 saturated carbocycles. The van der Waals surface area contributed by atoms with E-state index in [1.165, 1.54) is 12.1 Å². The lowest BCUT2D eigenvalue weighted by atomic mass is 10.3. The molecule has 0 aliphatic carbocycles. The molecule has 0 spiro atoms. The minimum Gasteiger partial charge on any atom is -0.376 e. The van der Waals surface area contributed by atoms with E-state index in [4.69, 9.17) is 23.2 Å². The maximum absolute atomic E-state index is 13.6. The van der Waals surface area contributed by atoms with Gasteiger partial charge in [-0.15, -0.1) is 0 Å². The molecule has 0 radical (unpaired) electrons. The van der Waals surface area contributed by atoms with E-state index in [1.54, 1.807) is 12.5 Å². The zero-order valence-electron chi connectivity index (χ0n) is 9.04. The number of rotatable bonds is 3. The van der Waals surface area contributed by atoms with Gasteiger partial charge >= 0.3 is 0 Å². The predicted molar refractivity (Wildman–Crippen MR) is 67.0 cm³/mol. The molecule has 0 saturated heterocycles. The van der Waals surface area contributed by atoms with Crippen LogP contribution in [-0.2, 0) is 13.6 Å². The van der Waals surface area contributed by atoms with E-state index in [2.05, 4.69) is 10.3 Å². The summed E-state index contributed by atoms with van der Waals surface area (Å²) in [4.78, 5) is 3.97. The van der Waals surface area contributed by atoms with Crippen molar-refractivity contribution in [3.05, 3.63) is 46.2 Å². The molecule has 17 heavy (non-hydrogen) atoms. The van der Waals surface area contributed by atoms with Crippen LogP contribution in [0.15, 0.2) is 24.7 Å². The molecule has 0 unspecified atom stereocenters. The third kappa shape index (κ3) is 2.70. The Hall–Kier alpha value is -1.26. The Balaban J connectivity index is 2.17. The van der Waals surface area contributed by atoms with E-state index in [-0.39, 0.29) is 15.7 Å². The summed E-state index contributed by atoms with van der Waals surface area (Å²) in [6.07, 6.45) is 3.38. The fourth-order valence-electron chi connectivity index (χ4n) is 1.44. The van der Waals surface area contributed by atoms with Crippen LogP contribution >= 0.6 is 23.2 Å². The molecule has 0 aliphatic rings. The van der Waals surface area contributed by atoms with Crippen LogP contribution in [0.5, 0.6) is 0 Å². The topological polar surface area (TPSA) is 29.9 Å². The highest BCUT2D eigenvalue weighted by Gasteiger charge is 2.09. The molecule has 0 amide bonds. The van der Waals surface area contributed by atoms with Gasteiger partial charge < -0.3 is 9.88 Å². The van der Waals surface area contributed by atoms with Crippen molar-refractivity contribution in [1.82, 2.24) is 9.55 Å². The van der Waals surface area contributed by atoms with E-state index >= 15 is 0 Å². The van der Waals surface area contributed by atoms with Crippen molar-refractivity contribution < 1.29 is 4.39 Å². The number of anilines is 1. The van der Waals surface area contributed by atoms with Gasteiger partial charge in [-0.05, 0) is 12.1 Å². The zero-order valence-corrected chi connectivity index (χ0v) is 10.6. The van der Waals surface area contributed by atoms with E-state index in [0.717, 1.165) is 5.69 Å². The first kappa shape index (κ1) is 12.2. The smallest absolute Gasteiger partial charge is 0.149 e. The summed E-state index contributed by atoms with van der Waals surface area (Å²) in [5, 5.41) is 3.46. The molecule has 6 heteroatoms. The third-order valence-electron chi connectivity index (χ3n) is 2.37. The van der Waals surface area contributed by atoms with Crippen molar-refractivity contribution in [3.63, 3.8) is 0 Å². The lowest BCUT2D eigenvalue weighted by molar-refractivity contribution is 0.630. The van der Waals surface area contributed by atoms with Gasteiger partial charge in [0.2, 0.25) is 0 Å². The number of aromatic nitrogens is 2. The fraction of sp³-hybridized carbons (Fsp3) is 0.182. The van der Waals surface area contributed by atoms with Gasteiger partial charge in [0.15, 0.2) is 0 Å². The highest BCUT2D eigenvalue weighted by atomic mass is 35.5. The molecule has 2 aromatic rings. The SMILES string of the molecule is Cn1cncc1CNc1c(F)cc(Cl)cc1Cl. The summed E-state index contributed by atoms with van der Waals surface area (Å²) >= 11 is 11.6. The minimum absolute atomic E-state index is 0.247. The van der Waals surface area contributed by atoms with Crippen LogP contribution in [0.3, 0.4) is 0 Å². The van der Waals surface area contributed by atoms with Crippen LogP contribution in [0.1, 0.15) is 5.69 Å². The molecule has 0 fully saturated rings. The van der Waals surface area contributed by atoms with Gasteiger partial charge in [-0.2, -0.15) is 0 Å². The molecular formula is C11H10Cl2FN3. The number of aryl methyl sites for hydroxylation is 1. The normalized spacial score (nSPS) is 10.6. The van der Waals surface area contributed by atoms with Crippen molar-refractivity contribution >= 4 is 28.9 Å². The maximum atomic E-state index is 13.6. The van der Waals surface area contributed by atoms with Gasteiger partial charge in [0.05, 0.1) is 29.3 Å². The van der Waals surface area contributed by atoms with Gasteiger partial charge in [-0.1, -0.05) is 23.2 Å². The maximum Gasteiger partial charge on any atom is 0.149 e. The number of nitrogens with zero attached hydrogens (tertiary/aromatic N) is 2. The Labute approximate surface area is 108 Å². The minimum atomic E-state index is -0.468. The van der Waals surface area contributed by atoms with Gasteiger partial charge in [0.25, 0.3) is 0 Å². The van der Waals surface area contributed by atoms with Crippen LogP contribution in [0, 0.1) is 5.82 Å². The van der Waals surface area contributed by atoms with Crippen LogP contribution in [0.4, 0.5) is 10.1 Å². The summed E-state index contributed by atoms with van der Waals surface area (Å²) < 4.78 is 15.4. The Kier molecular flexibility index (Phi) is 3.54. The third-order valence-corrected chi connectivity index (χ3v) is 2.89. The number of hydrogen-bond acceptors (Lipinski definition) is 2. The average molecular weight is 274 g/mol. The summed E-state index contributed by atoms with van der Waals surface area (Å²) in [5.41, 5.74) is 1.17. The van der Waals surface area contributed by atoms with E-state index in [1.807, 2.05) is 11.6 Å². The Bertz CT molecular complexity index is 516. The van der Waals surface area contributed by atoms with Gasteiger partial charge in [-0.3, -0.25) is 0 Å². The van der Waals surface area contributed by atoms with Crippen molar-refractivity contribution in [2.45, 2.75) is 6.54 Å². The Morgan fingerprint density at radius 3 is 2.76 bits per heavy atom. The van der Waals surface area contributed by atoms with Crippen LogP contribution in [-0.4, -0.2) is 9.55 Å². The van der Waals surface area contributed by atoms with Crippen LogP contribution in [0.2, 0.25) is 10.0 Å². The number of nitrogens with one attached hydrogen (secondary N) is 1. The lowest BCUT2D eigenvalue weighted by Gasteiger charge is -2.10. The van der Waals surface area contributed by atoms with Crippen LogP contribution in [0.25, 0.3) is 0 Å². The van der Waals surface area contributed by atoms with Crippen molar-refractivity contribution in [1.29, 1.82) is 0 Å². The van der Waals surface area contributed by atoms with E-state index in [9.17, 15) is 4.39 Å². The fourth-order valence-corrected chi connectivity index (χ4v) is 1.98. The second kappa shape index (κ2) is 4.94. The molecule has 1 aromatic carbocycles. The number of imidazole rings is 1. The van der Waals surface area contributed by atoms with Gasteiger partial charge in [0, 0.05) is 18.3 Å². The van der Waals surface area contributed by atoms with Crippen molar-refractivity contribution in [2.24, 2.45) is 7.05 Å². The van der Waals surface area contributed by atoms with Gasteiger partial charge in [-0.25, -0.2) is 9.37 Å². The quantitative estimate of drug-likeness (QED) is 0.928. The highest BCUT2D eigenvalue weighted by Crippen LogP contribution is 2.29. The Morgan fingerprint density at radius 2 is 2.18 bits per heavy atom. The van der Waals surface area contributed by atoms with E-state index in [0.29, 0.717) is 6.54 Å². The molecular weight excluding hydrogens is 264 g/mol. The Morgan fingerprint density at radius 1 is 1.41 bits per heavy atom. The second-order valence-corrected chi connectivity index (χ2v) is 4.44. The average Bonchev–Trinajstić information content (AvgIpc) is 2.62. The van der Waals surface area contributed by atoms with Crippen molar-refractivity contribution in [2.75, 3.05) is 5.32 Å². The number of hydrogen-bond donors (Lipinski definition) is 1. The standard InChI is InChI=1S/C11H10Cl2FN3/c1-17-6-15-4-8(17)5-16-11-9(13)2-7(12)3-10(11)14/h2-4,6,16H,5H2,1H3. The summed E-state index contributed by atoms with van der Waals surface area (Å²) in [6, 6.07) is 2.72. The second-order valence-electron chi connectivity index (χ2n) is 3.59. The molecule has 1 aromatic heterocycles. The summed E-state index contributed by atoms with van der Waals surface area (Å²) in [5.74, 6) is -0.468. The van der Waals surface area contributed by atoms with Gasteiger partial charge in [0.1, 0.15) is 5.82 Å². The molecule has 2 rings (SSSR count). The highest BCUT2D eigenvalue weighted by molar-refractivity contribution is 6.36. The molecule has 0 atom stereocenters. The predicted octanol–water partition coefficient (Wildman–Crippen LogP) is 3.48. The molecule has 3 nitrogen and oxygen atoms in total. The first-order valence-electron chi connectivity index (χ1n) is 4.91. The van der Waals surface area contributed by atoms with E-state index < -0.39 is 5.82 Å². The lowest BCUT2D eigenvalue weighted by Crippen LogP contribution is -2.05. The molecule has 90 valence electrons. The number of benzene rings is 1. The van der Waals surface area contributed by atoms with Crippen molar-refractivity contribution in [3.8, 4) is 0 Å². The molecule has 0 bridgehead atoms. The zero-order chi connectivity index (χ0) is 12.4.